The summed E-state index contributed by atoms with van der Waals surface area (Å²) in [6, 6.07) is 9.42. The molecule has 81 valence electrons. The zero-order chi connectivity index (χ0) is 11.5. The first-order valence-corrected chi connectivity index (χ1v) is 5.07. The largest absolute Gasteiger partial charge is 0.299 e. The van der Waals surface area contributed by atoms with Gasteiger partial charge < -0.3 is 0 Å². The fourth-order valence-corrected chi connectivity index (χ4v) is 0.995. The number of benzene rings is 1. The Bertz CT molecular complexity index is 285. The smallest absolute Gasteiger partial charge is 0.162 e. The van der Waals surface area contributed by atoms with Gasteiger partial charge >= 0.3 is 0 Å². The molecule has 0 atom stereocenters. The third kappa shape index (κ3) is 6.49. The van der Waals surface area contributed by atoms with Gasteiger partial charge in [-0.25, -0.2) is 0 Å². The summed E-state index contributed by atoms with van der Waals surface area (Å²) in [7, 11) is 0. The van der Waals surface area contributed by atoms with Crippen molar-refractivity contribution in [2.45, 2.75) is 26.7 Å². The average molecular weight is 205 g/mol. The third-order valence-electron chi connectivity index (χ3n) is 1.71. The van der Waals surface area contributed by atoms with E-state index in [0.29, 0.717) is 6.42 Å². The summed E-state index contributed by atoms with van der Waals surface area (Å²) < 4.78 is 0. The van der Waals surface area contributed by atoms with E-state index < -0.39 is 0 Å². The van der Waals surface area contributed by atoms with Gasteiger partial charge in [-0.15, -0.1) is 0 Å². The zero-order valence-electron chi connectivity index (χ0n) is 9.27. The van der Waals surface area contributed by atoms with Crippen molar-refractivity contribution < 1.29 is 9.90 Å². The Morgan fingerprint density at radius 2 is 1.80 bits per heavy atom. The van der Waals surface area contributed by atoms with E-state index >= 15 is 0 Å². The van der Waals surface area contributed by atoms with Gasteiger partial charge in [0.15, 0.2) is 5.78 Å². The first-order valence-electron chi connectivity index (χ1n) is 5.07. The quantitative estimate of drug-likeness (QED) is 0.548. The lowest BCUT2D eigenvalue weighted by atomic mass is 10.1. The second-order valence-electron chi connectivity index (χ2n) is 3.01. The van der Waals surface area contributed by atoms with Crippen LogP contribution in [0, 0.1) is 0 Å². The van der Waals surface area contributed by atoms with Crippen LogP contribution in [0.15, 0.2) is 42.7 Å². The van der Waals surface area contributed by atoms with Gasteiger partial charge in [0, 0.05) is 12.0 Å². The fourth-order valence-electron chi connectivity index (χ4n) is 0.995. The number of hydrogen-bond acceptors (Lipinski definition) is 1. The fraction of sp³-hybridized carbons (Fsp3) is 0.308. The molecule has 0 heterocycles. The van der Waals surface area contributed by atoms with Crippen molar-refractivity contribution in [2.75, 3.05) is 0 Å². The topological polar surface area (TPSA) is 37.0 Å². The molecule has 0 unspecified atom stereocenters. The van der Waals surface area contributed by atoms with Gasteiger partial charge in [0.2, 0.25) is 0 Å². The van der Waals surface area contributed by atoms with E-state index in [9.17, 15) is 4.79 Å². The standard InChI is InChI=1S/C10H12O.C3H5O/c1-2-6-10(11)9-7-4-3-5-8-9;1-2-3-4/h3-5,7-8H,2,6H2,1H3;2-3H,1H3. The summed E-state index contributed by atoms with van der Waals surface area (Å²) in [4.78, 5) is 11.2. The Labute approximate surface area is 91.3 Å². The summed E-state index contributed by atoms with van der Waals surface area (Å²) >= 11 is 0. The SMILES string of the molecule is CC=C[O].CCCC(=O)c1ccccc1. The van der Waals surface area contributed by atoms with E-state index in [4.69, 9.17) is 5.11 Å². The van der Waals surface area contributed by atoms with E-state index in [1.165, 1.54) is 6.08 Å². The molecule has 0 N–H and O–H groups in total. The first kappa shape index (κ1) is 13.4. The van der Waals surface area contributed by atoms with E-state index in [2.05, 4.69) is 0 Å². The number of allylic oxidation sites excluding steroid dienone is 1. The zero-order valence-corrected chi connectivity index (χ0v) is 9.27. The minimum Gasteiger partial charge on any atom is -0.299 e. The number of hydrogen-bond donors (Lipinski definition) is 0. The predicted molar refractivity (Wildman–Crippen MR) is 61.2 cm³/mol. The Morgan fingerprint density at radius 3 is 2.20 bits per heavy atom. The lowest BCUT2D eigenvalue weighted by Crippen LogP contribution is -1.96. The molecule has 0 saturated heterocycles. The third-order valence-corrected chi connectivity index (χ3v) is 1.71. The Morgan fingerprint density at radius 1 is 1.27 bits per heavy atom. The molecule has 0 amide bonds. The van der Waals surface area contributed by atoms with Crippen molar-refractivity contribution in [3.63, 3.8) is 0 Å². The van der Waals surface area contributed by atoms with Crippen LogP contribution in [0.4, 0.5) is 0 Å². The van der Waals surface area contributed by atoms with Crippen molar-refractivity contribution in [1.82, 2.24) is 0 Å². The first-order chi connectivity index (χ1) is 7.26. The van der Waals surface area contributed by atoms with Crippen molar-refractivity contribution >= 4 is 5.78 Å². The molecule has 1 aromatic carbocycles. The normalized spacial score (nSPS) is 9.47. The second-order valence-corrected chi connectivity index (χ2v) is 3.01. The lowest BCUT2D eigenvalue weighted by molar-refractivity contribution is 0.0982. The van der Waals surface area contributed by atoms with Crippen LogP contribution < -0.4 is 0 Å². The Kier molecular flexibility index (Phi) is 8.06. The van der Waals surface area contributed by atoms with Gasteiger partial charge in [-0.3, -0.25) is 9.90 Å². The summed E-state index contributed by atoms with van der Waals surface area (Å²) in [5.74, 6) is 0.244. The number of ketones is 1. The van der Waals surface area contributed by atoms with Crippen LogP contribution >= 0.6 is 0 Å². The van der Waals surface area contributed by atoms with Gasteiger partial charge in [-0.05, 0) is 19.4 Å². The molecule has 1 radical (unpaired) electrons. The highest BCUT2D eigenvalue weighted by molar-refractivity contribution is 5.95. The molecule has 0 saturated carbocycles. The second kappa shape index (κ2) is 9.00. The van der Waals surface area contributed by atoms with Crippen molar-refractivity contribution in [2.24, 2.45) is 0 Å². The highest BCUT2D eigenvalue weighted by atomic mass is 16.2. The molecule has 0 aliphatic carbocycles. The lowest BCUT2D eigenvalue weighted by Gasteiger charge is -1.96. The molecule has 0 bridgehead atoms. The van der Waals surface area contributed by atoms with Gasteiger partial charge in [0.05, 0.1) is 0 Å². The number of Topliss-reactive ketones (excluding diaryl/α,β-unsaturated/α-hetero) is 1. The molecule has 0 aliphatic heterocycles. The molecule has 1 aromatic rings. The average Bonchev–Trinajstić information content (AvgIpc) is 2.31. The van der Waals surface area contributed by atoms with E-state index in [0.717, 1.165) is 18.2 Å². The monoisotopic (exact) mass is 205 g/mol. The Hall–Kier alpha value is -1.57. The van der Waals surface area contributed by atoms with Crippen LogP contribution in [0.3, 0.4) is 0 Å². The molecular formula is C13H17O2. The van der Waals surface area contributed by atoms with Crippen molar-refractivity contribution in [1.29, 1.82) is 0 Å². The van der Waals surface area contributed by atoms with Crippen LogP contribution in [0.25, 0.3) is 0 Å². The van der Waals surface area contributed by atoms with Crippen molar-refractivity contribution in [3.05, 3.63) is 48.2 Å². The van der Waals surface area contributed by atoms with Gasteiger partial charge in [0.25, 0.3) is 0 Å². The van der Waals surface area contributed by atoms with E-state index in [1.807, 2.05) is 37.3 Å². The van der Waals surface area contributed by atoms with Crippen molar-refractivity contribution in [3.8, 4) is 0 Å². The minimum atomic E-state index is 0.244. The highest BCUT2D eigenvalue weighted by Crippen LogP contribution is 2.03. The molecule has 0 spiro atoms. The van der Waals surface area contributed by atoms with Gasteiger partial charge in [-0.1, -0.05) is 37.3 Å². The predicted octanol–water partition coefficient (Wildman–Crippen LogP) is 3.62. The maximum Gasteiger partial charge on any atom is 0.162 e. The maximum atomic E-state index is 11.2. The molecule has 0 aliphatic rings. The van der Waals surface area contributed by atoms with E-state index in [1.54, 1.807) is 6.92 Å². The van der Waals surface area contributed by atoms with Crippen LogP contribution in [-0.4, -0.2) is 5.78 Å². The molecule has 0 fully saturated rings. The van der Waals surface area contributed by atoms with E-state index in [-0.39, 0.29) is 5.78 Å². The summed E-state index contributed by atoms with van der Waals surface area (Å²) in [6.45, 7) is 3.70. The molecule has 1 rings (SSSR count). The molecule has 0 aromatic heterocycles. The van der Waals surface area contributed by atoms with Crippen LogP contribution in [-0.2, 0) is 5.11 Å². The van der Waals surface area contributed by atoms with Gasteiger partial charge in [0.1, 0.15) is 6.26 Å². The number of carbonyl (C=O) groups excluding carboxylic acids is 1. The highest BCUT2D eigenvalue weighted by Gasteiger charge is 2.01. The molecular weight excluding hydrogens is 188 g/mol. The summed E-state index contributed by atoms with van der Waals surface area (Å²) in [5, 5.41) is 9.12. The number of carbonyl (C=O) groups is 1. The maximum absolute atomic E-state index is 11.2. The minimum absolute atomic E-state index is 0.244. The van der Waals surface area contributed by atoms with Crippen LogP contribution in [0.5, 0.6) is 0 Å². The van der Waals surface area contributed by atoms with Crippen LogP contribution in [0.1, 0.15) is 37.0 Å². The van der Waals surface area contributed by atoms with Crippen LogP contribution in [0.2, 0.25) is 0 Å². The summed E-state index contributed by atoms with van der Waals surface area (Å²) in [5.41, 5.74) is 0.828. The Balaban J connectivity index is 0.000000423. The molecule has 2 heteroatoms. The number of rotatable bonds is 3. The summed E-state index contributed by atoms with van der Waals surface area (Å²) in [6.07, 6.45) is 3.78. The van der Waals surface area contributed by atoms with Gasteiger partial charge in [-0.2, -0.15) is 0 Å². The molecule has 2 nitrogen and oxygen atoms in total. The molecule has 15 heavy (non-hydrogen) atoms.